The first-order valence-electron chi connectivity index (χ1n) is 8.82. The van der Waals surface area contributed by atoms with Crippen molar-refractivity contribution in [3.63, 3.8) is 0 Å². The van der Waals surface area contributed by atoms with Crippen LogP contribution < -0.4 is 16.0 Å². The van der Waals surface area contributed by atoms with Gasteiger partial charge >= 0.3 is 6.03 Å². The normalized spacial score (nSPS) is 14.8. The standard InChI is InChI=1S/C19H24FN5O/c1-14-2-3-17(13-22-14)23-19(26)24-18-11-15(10-16(20)12-18)4-7-25-8-5-21-6-9-25/h2-3,10-13,21H,4-9H2,1H3,(H2,23,24,26). The number of nitrogens with one attached hydrogen (secondary N) is 3. The third-order valence-electron chi connectivity index (χ3n) is 4.31. The van der Waals surface area contributed by atoms with E-state index in [2.05, 4.69) is 25.8 Å². The molecule has 0 aliphatic carbocycles. The third-order valence-corrected chi connectivity index (χ3v) is 4.31. The number of pyridine rings is 1. The van der Waals surface area contributed by atoms with E-state index < -0.39 is 6.03 Å². The number of hydrogen-bond acceptors (Lipinski definition) is 4. The molecule has 1 aromatic heterocycles. The molecule has 1 aliphatic heterocycles. The lowest BCUT2D eigenvalue weighted by molar-refractivity contribution is 0.244. The maximum absolute atomic E-state index is 13.9. The van der Waals surface area contributed by atoms with Crippen LogP contribution in [0.1, 0.15) is 11.3 Å². The molecule has 6 nitrogen and oxygen atoms in total. The number of carbonyl (C=O) groups excluding carboxylic acids is 1. The second kappa shape index (κ2) is 8.73. The van der Waals surface area contributed by atoms with E-state index in [0.29, 0.717) is 11.4 Å². The van der Waals surface area contributed by atoms with E-state index in [1.165, 1.54) is 12.1 Å². The molecule has 2 heterocycles. The molecule has 26 heavy (non-hydrogen) atoms. The molecule has 1 aliphatic rings. The topological polar surface area (TPSA) is 69.3 Å². The molecule has 0 spiro atoms. The van der Waals surface area contributed by atoms with Crippen molar-refractivity contribution in [1.82, 2.24) is 15.2 Å². The van der Waals surface area contributed by atoms with Crippen molar-refractivity contribution in [2.45, 2.75) is 13.3 Å². The summed E-state index contributed by atoms with van der Waals surface area (Å²) in [5, 5.41) is 8.69. The van der Waals surface area contributed by atoms with Gasteiger partial charge in [0.15, 0.2) is 0 Å². The summed E-state index contributed by atoms with van der Waals surface area (Å²) in [5.74, 6) is -0.352. The van der Waals surface area contributed by atoms with Crippen molar-refractivity contribution in [3.8, 4) is 0 Å². The molecule has 1 saturated heterocycles. The minimum absolute atomic E-state index is 0.352. The lowest BCUT2D eigenvalue weighted by atomic mass is 10.1. The zero-order valence-electron chi connectivity index (χ0n) is 14.9. The van der Waals surface area contributed by atoms with Crippen molar-refractivity contribution in [2.24, 2.45) is 0 Å². The minimum atomic E-state index is -0.422. The Balaban J connectivity index is 1.57. The summed E-state index contributed by atoms with van der Waals surface area (Å²) in [6.07, 6.45) is 2.33. The van der Waals surface area contributed by atoms with Gasteiger partial charge in [-0.05, 0) is 49.2 Å². The number of amides is 2. The van der Waals surface area contributed by atoms with Gasteiger partial charge in [-0.3, -0.25) is 4.98 Å². The molecule has 1 aromatic carbocycles. The van der Waals surface area contributed by atoms with Crippen LogP contribution in [0.15, 0.2) is 36.5 Å². The molecule has 2 aromatic rings. The Morgan fingerprint density at radius 2 is 1.96 bits per heavy atom. The molecule has 0 saturated carbocycles. The number of urea groups is 1. The monoisotopic (exact) mass is 357 g/mol. The first-order chi connectivity index (χ1) is 12.6. The third kappa shape index (κ3) is 5.50. The fraction of sp³-hybridized carbons (Fsp3) is 0.368. The zero-order chi connectivity index (χ0) is 18.4. The number of aryl methyl sites for hydroxylation is 1. The SMILES string of the molecule is Cc1ccc(NC(=O)Nc2cc(F)cc(CCN3CCNCC3)c2)cn1. The summed E-state index contributed by atoms with van der Waals surface area (Å²) in [6.45, 7) is 6.75. The van der Waals surface area contributed by atoms with Crippen LogP contribution >= 0.6 is 0 Å². The number of nitrogens with zero attached hydrogens (tertiary/aromatic N) is 2. The smallest absolute Gasteiger partial charge is 0.314 e. The van der Waals surface area contributed by atoms with Crippen molar-refractivity contribution in [2.75, 3.05) is 43.4 Å². The van der Waals surface area contributed by atoms with E-state index in [1.807, 2.05) is 19.1 Å². The van der Waals surface area contributed by atoms with Crippen LogP contribution in [-0.4, -0.2) is 48.6 Å². The largest absolute Gasteiger partial charge is 0.323 e. The van der Waals surface area contributed by atoms with Crippen molar-refractivity contribution >= 4 is 17.4 Å². The Labute approximate surface area is 152 Å². The van der Waals surface area contributed by atoms with Crippen LogP contribution in [0.2, 0.25) is 0 Å². The predicted molar refractivity (Wildman–Crippen MR) is 101 cm³/mol. The van der Waals surface area contributed by atoms with Crippen LogP contribution in [0.4, 0.5) is 20.6 Å². The number of benzene rings is 1. The second-order valence-corrected chi connectivity index (χ2v) is 6.46. The molecule has 0 atom stereocenters. The average Bonchev–Trinajstić information content (AvgIpc) is 2.62. The van der Waals surface area contributed by atoms with Gasteiger partial charge in [0.1, 0.15) is 5.82 Å². The summed E-state index contributed by atoms with van der Waals surface area (Å²) < 4.78 is 13.9. The number of rotatable bonds is 5. The van der Waals surface area contributed by atoms with Crippen LogP contribution in [0.3, 0.4) is 0 Å². The summed E-state index contributed by atoms with van der Waals surface area (Å²) in [4.78, 5) is 18.6. The number of carbonyl (C=O) groups is 1. The Kier molecular flexibility index (Phi) is 6.14. The maximum atomic E-state index is 13.9. The summed E-state index contributed by atoms with van der Waals surface area (Å²) in [7, 11) is 0. The summed E-state index contributed by atoms with van der Waals surface area (Å²) >= 11 is 0. The molecule has 3 N–H and O–H groups in total. The Bertz CT molecular complexity index is 744. The van der Waals surface area contributed by atoms with Gasteiger partial charge in [0.05, 0.1) is 11.9 Å². The van der Waals surface area contributed by atoms with Gasteiger partial charge in [-0.2, -0.15) is 0 Å². The Morgan fingerprint density at radius 3 is 2.69 bits per heavy atom. The first kappa shape index (κ1) is 18.3. The van der Waals surface area contributed by atoms with E-state index in [0.717, 1.165) is 50.4 Å². The first-order valence-corrected chi connectivity index (χ1v) is 8.82. The van der Waals surface area contributed by atoms with Crippen LogP contribution in [0, 0.1) is 12.7 Å². The molecule has 0 radical (unpaired) electrons. The molecule has 7 heteroatoms. The number of anilines is 2. The zero-order valence-corrected chi connectivity index (χ0v) is 14.9. The maximum Gasteiger partial charge on any atom is 0.323 e. The Morgan fingerprint density at radius 1 is 1.19 bits per heavy atom. The molecular weight excluding hydrogens is 333 g/mol. The Hall–Kier alpha value is -2.51. The molecule has 3 rings (SSSR count). The van der Waals surface area contributed by atoms with Crippen LogP contribution in [0.25, 0.3) is 0 Å². The highest BCUT2D eigenvalue weighted by molar-refractivity contribution is 5.99. The van der Waals surface area contributed by atoms with Crippen molar-refractivity contribution in [3.05, 3.63) is 53.6 Å². The van der Waals surface area contributed by atoms with E-state index in [1.54, 1.807) is 12.3 Å². The van der Waals surface area contributed by atoms with E-state index in [4.69, 9.17) is 0 Å². The molecule has 0 bridgehead atoms. The number of piperazine rings is 1. The number of aromatic nitrogens is 1. The second-order valence-electron chi connectivity index (χ2n) is 6.46. The molecular formula is C19H24FN5O. The highest BCUT2D eigenvalue weighted by Crippen LogP contribution is 2.16. The van der Waals surface area contributed by atoms with Crippen LogP contribution in [0.5, 0.6) is 0 Å². The fourth-order valence-electron chi connectivity index (χ4n) is 2.92. The lowest BCUT2D eigenvalue weighted by Crippen LogP contribution is -2.44. The quantitative estimate of drug-likeness (QED) is 0.769. The molecule has 2 amide bonds. The van der Waals surface area contributed by atoms with E-state index in [9.17, 15) is 9.18 Å². The molecule has 0 unspecified atom stereocenters. The van der Waals surface area contributed by atoms with Gasteiger partial charge in [-0.1, -0.05) is 0 Å². The molecule has 138 valence electrons. The molecule has 1 fully saturated rings. The van der Waals surface area contributed by atoms with Gasteiger partial charge in [-0.25, -0.2) is 9.18 Å². The van der Waals surface area contributed by atoms with Gasteiger partial charge in [-0.15, -0.1) is 0 Å². The minimum Gasteiger partial charge on any atom is -0.314 e. The summed E-state index contributed by atoms with van der Waals surface area (Å²) in [5.41, 5.74) is 2.77. The van der Waals surface area contributed by atoms with E-state index >= 15 is 0 Å². The number of hydrogen-bond donors (Lipinski definition) is 3. The van der Waals surface area contributed by atoms with Crippen LogP contribution in [-0.2, 0) is 6.42 Å². The van der Waals surface area contributed by atoms with E-state index in [-0.39, 0.29) is 5.82 Å². The lowest BCUT2D eigenvalue weighted by Gasteiger charge is -2.27. The van der Waals surface area contributed by atoms with Gasteiger partial charge in [0.2, 0.25) is 0 Å². The van der Waals surface area contributed by atoms with Crippen molar-refractivity contribution < 1.29 is 9.18 Å². The predicted octanol–water partition coefficient (Wildman–Crippen LogP) is 2.62. The fourth-order valence-corrected chi connectivity index (χ4v) is 2.92. The summed E-state index contributed by atoms with van der Waals surface area (Å²) in [6, 6.07) is 7.82. The highest BCUT2D eigenvalue weighted by atomic mass is 19.1. The van der Waals surface area contributed by atoms with Gasteiger partial charge < -0.3 is 20.9 Å². The average molecular weight is 357 g/mol. The van der Waals surface area contributed by atoms with Gasteiger partial charge in [0.25, 0.3) is 0 Å². The van der Waals surface area contributed by atoms with Crippen molar-refractivity contribution in [1.29, 1.82) is 0 Å². The highest BCUT2D eigenvalue weighted by Gasteiger charge is 2.11. The van der Waals surface area contributed by atoms with Gasteiger partial charge in [0, 0.05) is 44.1 Å². The number of halogens is 1.